The average Bonchev–Trinajstić information content (AvgIpc) is 2.92. The predicted octanol–water partition coefficient (Wildman–Crippen LogP) is 2.64. The van der Waals surface area contributed by atoms with Crippen LogP contribution in [-0.2, 0) is 23.0 Å². The summed E-state index contributed by atoms with van der Waals surface area (Å²) < 4.78 is 27.5. The van der Waals surface area contributed by atoms with Gasteiger partial charge in [-0.2, -0.15) is 0 Å². The minimum atomic E-state index is -3.58. The highest BCUT2D eigenvalue weighted by Gasteiger charge is 2.20. The summed E-state index contributed by atoms with van der Waals surface area (Å²) in [6, 6.07) is 1.65. The fraction of sp³-hybridized carbons (Fsp3) is 0.417. The topological polar surface area (TPSA) is 85.1 Å². The average molecular weight is 331 g/mol. The number of aromatic nitrogens is 1. The van der Waals surface area contributed by atoms with Crippen LogP contribution < -0.4 is 10.5 Å². The number of hydrogen-bond donors (Lipinski definition) is 2. The molecule has 2 aromatic heterocycles. The van der Waals surface area contributed by atoms with E-state index in [1.807, 2.05) is 20.8 Å². The first-order valence-corrected chi connectivity index (χ1v) is 9.27. The van der Waals surface area contributed by atoms with Crippen molar-refractivity contribution in [2.45, 2.75) is 37.9 Å². The second-order valence-corrected chi connectivity index (χ2v) is 8.61. The highest BCUT2D eigenvalue weighted by molar-refractivity contribution is 7.94. The Balaban J connectivity index is 2.30. The molecule has 0 aromatic carbocycles. The van der Waals surface area contributed by atoms with Crippen LogP contribution in [-0.4, -0.2) is 13.4 Å². The van der Waals surface area contributed by atoms with Crippen molar-refractivity contribution in [2.24, 2.45) is 5.73 Å². The van der Waals surface area contributed by atoms with Gasteiger partial charge in [0.15, 0.2) is 5.13 Å². The molecule has 0 unspecified atom stereocenters. The molecule has 0 radical (unpaired) electrons. The number of anilines is 1. The lowest BCUT2D eigenvalue weighted by Crippen LogP contribution is -2.11. The van der Waals surface area contributed by atoms with E-state index >= 15 is 0 Å². The van der Waals surface area contributed by atoms with Gasteiger partial charge in [0.1, 0.15) is 4.21 Å². The Bertz CT molecular complexity index is 716. The molecule has 0 bridgehead atoms. The molecular weight excluding hydrogens is 314 g/mol. The minimum absolute atomic E-state index is 0.279. The van der Waals surface area contributed by atoms with Crippen LogP contribution in [0.2, 0.25) is 0 Å². The summed E-state index contributed by atoms with van der Waals surface area (Å²) in [6.07, 6.45) is 0.791. The van der Waals surface area contributed by atoms with Crippen LogP contribution in [0.5, 0.6) is 0 Å². The molecule has 3 N–H and O–H groups in total. The molecule has 2 heterocycles. The Kier molecular flexibility index (Phi) is 4.48. The number of nitrogens with one attached hydrogen (secondary N) is 1. The highest BCUT2D eigenvalue weighted by atomic mass is 32.2. The molecule has 2 aromatic rings. The highest BCUT2D eigenvalue weighted by Crippen LogP contribution is 2.29. The minimum Gasteiger partial charge on any atom is -0.326 e. The molecule has 0 aliphatic carbocycles. The van der Waals surface area contributed by atoms with Crippen LogP contribution in [0.1, 0.15) is 27.9 Å². The number of rotatable bonds is 5. The molecule has 20 heavy (non-hydrogen) atoms. The Labute approximate surface area is 126 Å². The van der Waals surface area contributed by atoms with E-state index in [9.17, 15) is 8.42 Å². The number of nitrogens with two attached hydrogens (primary N) is 1. The molecule has 0 aliphatic heterocycles. The van der Waals surface area contributed by atoms with E-state index in [1.165, 1.54) is 22.7 Å². The quantitative estimate of drug-likeness (QED) is 0.882. The van der Waals surface area contributed by atoms with E-state index in [4.69, 9.17) is 5.73 Å². The van der Waals surface area contributed by atoms with Crippen LogP contribution in [0, 0.1) is 13.8 Å². The van der Waals surface area contributed by atoms with Gasteiger partial charge in [0, 0.05) is 16.3 Å². The van der Waals surface area contributed by atoms with Crippen molar-refractivity contribution in [3.05, 3.63) is 27.1 Å². The monoisotopic (exact) mass is 331 g/mol. The van der Waals surface area contributed by atoms with E-state index in [2.05, 4.69) is 9.71 Å². The van der Waals surface area contributed by atoms with Gasteiger partial charge in [0.2, 0.25) is 0 Å². The molecule has 2 rings (SSSR count). The second kappa shape index (κ2) is 5.80. The van der Waals surface area contributed by atoms with Crippen molar-refractivity contribution in [1.29, 1.82) is 0 Å². The molecule has 5 nitrogen and oxygen atoms in total. The zero-order valence-corrected chi connectivity index (χ0v) is 14.0. The maximum Gasteiger partial charge on any atom is 0.273 e. The maximum atomic E-state index is 12.3. The number of thiazole rings is 1. The number of thiophene rings is 1. The lowest BCUT2D eigenvalue weighted by molar-refractivity contribution is 0.603. The van der Waals surface area contributed by atoms with Crippen molar-refractivity contribution in [2.75, 3.05) is 4.72 Å². The second-order valence-electron chi connectivity index (χ2n) is 4.36. The van der Waals surface area contributed by atoms with Crippen molar-refractivity contribution >= 4 is 37.8 Å². The normalized spacial score (nSPS) is 11.8. The Morgan fingerprint density at radius 2 is 2.05 bits per heavy atom. The van der Waals surface area contributed by atoms with Crippen molar-refractivity contribution in [3.63, 3.8) is 0 Å². The number of nitrogens with zero attached hydrogens (tertiary/aromatic N) is 1. The third-order valence-electron chi connectivity index (χ3n) is 2.90. The van der Waals surface area contributed by atoms with Gasteiger partial charge in [-0.15, -0.1) is 22.7 Å². The first kappa shape index (κ1) is 15.4. The van der Waals surface area contributed by atoms with Crippen molar-refractivity contribution in [1.82, 2.24) is 4.98 Å². The van der Waals surface area contributed by atoms with Gasteiger partial charge in [-0.3, -0.25) is 4.72 Å². The fourth-order valence-corrected chi connectivity index (χ4v) is 5.39. The summed E-state index contributed by atoms with van der Waals surface area (Å²) in [5.74, 6) is 0. The molecule has 0 saturated heterocycles. The Morgan fingerprint density at radius 3 is 2.55 bits per heavy atom. The van der Waals surface area contributed by atoms with Gasteiger partial charge >= 0.3 is 0 Å². The van der Waals surface area contributed by atoms with Crippen LogP contribution in [0.4, 0.5) is 5.13 Å². The molecular formula is C12H17N3O2S3. The zero-order chi connectivity index (χ0) is 14.9. The third kappa shape index (κ3) is 3.03. The zero-order valence-electron chi connectivity index (χ0n) is 11.6. The van der Waals surface area contributed by atoms with Gasteiger partial charge in [0.25, 0.3) is 10.0 Å². The van der Waals surface area contributed by atoms with Crippen LogP contribution in [0.3, 0.4) is 0 Å². The van der Waals surface area contributed by atoms with Gasteiger partial charge in [-0.25, -0.2) is 13.4 Å². The first-order valence-electron chi connectivity index (χ1n) is 6.16. The van der Waals surface area contributed by atoms with Crippen LogP contribution in [0.25, 0.3) is 0 Å². The van der Waals surface area contributed by atoms with E-state index in [-0.39, 0.29) is 4.21 Å². The summed E-state index contributed by atoms with van der Waals surface area (Å²) in [7, 11) is -3.58. The van der Waals surface area contributed by atoms with Crippen LogP contribution >= 0.6 is 22.7 Å². The van der Waals surface area contributed by atoms with Crippen molar-refractivity contribution < 1.29 is 8.42 Å². The van der Waals surface area contributed by atoms with E-state index < -0.39 is 10.0 Å². The molecule has 8 heteroatoms. The Morgan fingerprint density at radius 1 is 1.35 bits per heavy atom. The van der Waals surface area contributed by atoms with Gasteiger partial charge in [-0.05, 0) is 31.9 Å². The summed E-state index contributed by atoms with van der Waals surface area (Å²) in [5, 5.41) is 0.416. The lowest BCUT2D eigenvalue weighted by atomic mass is 10.3. The number of hydrogen-bond acceptors (Lipinski definition) is 6. The van der Waals surface area contributed by atoms with Gasteiger partial charge in [0.05, 0.1) is 5.69 Å². The van der Waals surface area contributed by atoms with Gasteiger partial charge in [-0.1, -0.05) is 6.92 Å². The molecule has 0 amide bonds. The van der Waals surface area contributed by atoms with Crippen LogP contribution in [0.15, 0.2) is 10.3 Å². The standard InChI is InChI=1S/C12H17N3O2S3/c1-4-9-8(3)18-12(14-9)15-20(16,17)11-5-7(2)10(6-13)19-11/h5H,4,6,13H2,1-3H3,(H,14,15). The summed E-state index contributed by atoms with van der Waals surface area (Å²) in [4.78, 5) is 6.22. The largest absolute Gasteiger partial charge is 0.326 e. The molecule has 0 spiro atoms. The molecule has 0 atom stereocenters. The SMILES string of the molecule is CCc1nc(NS(=O)(=O)c2cc(C)c(CN)s2)sc1C. The number of sulfonamides is 1. The summed E-state index contributed by atoms with van der Waals surface area (Å²) in [5.41, 5.74) is 7.42. The summed E-state index contributed by atoms with van der Waals surface area (Å²) in [6.45, 7) is 6.15. The third-order valence-corrected chi connectivity index (χ3v) is 7.03. The molecule has 0 aliphatic rings. The summed E-state index contributed by atoms with van der Waals surface area (Å²) >= 11 is 2.56. The van der Waals surface area contributed by atoms with Crippen molar-refractivity contribution in [3.8, 4) is 0 Å². The van der Waals surface area contributed by atoms with Gasteiger partial charge < -0.3 is 5.73 Å². The lowest BCUT2D eigenvalue weighted by Gasteiger charge is -2.01. The number of aryl methyl sites for hydroxylation is 3. The fourth-order valence-electron chi connectivity index (χ4n) is 1.79. The smallest absolute Gasteiger partial charge is 0.273 e. The van der Waals surface area contributed by atoms with E-state index in [0.717, 1.165) is 27.4 Å². The molecule has 0 fully saturated rings. The molecule has 110 valence electrons. The maximum absolute atomic E-state index is 12.3. The molecule has 0 saturated carbocycles. The first-order chi connectivity index (χ1) is 9.37. The Hall–Kier alpha value is -0.960. The van der Waals surface area contributed by atoms with E-state index in [1.54, 1.807) is 6.07 Å². The van der Waals surface area contributed by atoms with E-state index in [0.29, 0.717) is 11.7 Å². The predicted molar refractivity (Wildman–Crippen MR) is 84.0 cm³/mol.